The summed E-state index contributed by atoms with van der Waals surface area (Å²) < 4.78 is 0. The van der Waals surface area contributed by atoms with E-state index in [9.17, 15) is 0 Å². The highest BCUT2D eigenvalue weighted by Crippen LogP contribution is 2.73. The monoisotopic (exact) mass is 289 g/mol. The van der Waals surface area contributed by atoms with E-state index in [0.29, 0.717) is 22.8 Å². The first-order valence-electron chi connectivity index (χ1n) is 8.32. The Hall–Kier alpha value is -1.10. The van der Waals surface area contributed by atoms with E-state index in [4.69, 9.17) is 4.98 Å². The highest BCUT2D eigenvalue weighted by atomic mass is 15.4. The molecule has 1 aromatic heterocycles. The number of fused-ring (bicyclic) bond motifs is 1. The van der Waals surface area contributed by atoms with E-state index in [-0.39, 0.29) is 0 Å². The van der Waals surface area contributed by atoms with Gasteiger partial charge in [0.05, 0.1) is 0 Å². The molecule has 3 aliphatic rings. The van der Waals surface area contributed by atoms with Crippen molar-refractivity contribution in [2.75, 3.05) is 24.5 Å². The van der Waals surface area contributed by atoms with Crippen LogP contribution in [0.25, 0.3) is 0 Å². The van der Waals surface area contributed by atoms with Gasteiger partial charge in [0.15, 0.2) is 0 Å². The first-order chi connectivity index (χ1) is 9.91. The molecule has 1 aliphatic carbocycles. The molecule has 2 aliphatic heterocycles. The lowest BCUT2D eigenvalue weighted by atomic mass is 9.94. The lowest BCUT2D eigenvalue weighted by molar-refractivity contribution is 0.340. The molecule has 2 saturated heterocycles. The third-order valence-corrected chi connectivity index (χ3v) is 6.67. The van der Waals surface area contributed by atoms with Crippen LogP contribution in [0.15, 0.2) is 0 Å². The molecule has 2 atom stereocenters. The SMILES string of the molecule is CC1(C)C(c2nc(N3CC4CCCNC4C3)n[nH]2)C1(C)C. The summed E-state index contributed by atoms with van der Waals surface area (Å²) in [5, 5.41) is 11.4. The van der Waals surface area contributed by atoms with Crippen LogP contribution in [-0.2, 0) is 0 Å². The van der Waals surface area contributed by atoms with Crippen molar-refractivity contribution in [3.05, 3.63) is 5.82 Å². The van der Waals surface area contributed by atoms with Crippen LogP contribution in [0.1, 0.15) is 52.3 Å². The number of H-pyrrole nitrogens is 1. The highest BCUT2D eigenvalue weighted by Gasteiger charge is 2.66. The summed E-state index contributed by atoms with van der Waals surface area (Å²) in [6.45, 7) is 12.6. The maximum Gasteiger partial charge on any atom is 0.244 e. The Kier molecular flexibility index (Phi) is 2.72. The molecule has 2 N–H and O–H groups in total. The number of hydrogen-bond acceptors (Lipinski definition) is 4. The smallest absolute Gasteiger partial charge is 0.244 e. The summed E-state index contributed by atoms with van der Waals surface area (Å²) in [6.07, 6.45) is 2.65. The number of aromatic amines is 1. The molecule has 2 unspecified atom stereocenters. The van der Waals surface area contributed by atoms with Gasteiger partial charge in [0.1, 0.15) is 5.82 Å². The third kappa shape index (κ3) is 1.86. The zero-order chi connectivity index (χ0) is 14.8. The standard InChI is InChI=1S/C16H27N5/c1-15(2)12(16(15,3)4)13-18-14(20-19-13)21-8-10-6-5-7-17-11(10)9-21/h10-12,17H,5-9H2,1-4H3,(H,18,19,20). The number of nitrogens with zero attached hydrogens (tertiary/aromatic N) is 3. The number of aromatic nitrogens is 3. The van der Waals surface area contributed by atoms with Crippen LogP contribution in [0.3, 0.4) is 0 Å². The molecule has 0 bridgehead atoms. The Labute approximate surface area is 126 Å². The van der Waals surface area contributed by atoms with Gasteiger partial charge in [-0.2, -0.15) is 4.98 Å². The van der Waals surface area contributed by atoms with Crippen molar-refractivity contribution in [3.8, 4) is 0 Å². The van der Waals surface area contributed by atoms with E-state index in [0.717, 1.165) is 30.8 Å². The molecule has 1 aromatic rings. The Morgan fingerprint density at radius 2 is 1.90 bits per heavy atom. The fraction of sp³-hybridized carbons (Fsp3) is 0.875. The lowest BCUT2D eigenvalue weighted by Gasteiger charge is -2.24. The van der Waals surface area contributed by atoms with Gasteiger partial charge in [0.25, 0.3) is 0 Å². The van der Waals surface area contributed by atoms with E-state index in [2.05, 4.69) is 48.1 Å². The molecular weight excluding hydrogens is 262 g/mol. The second kappa shape index (κ2) is 4.22. The topological polar surface area (TPSA) is 56.8 Å². The van der Waals surface area contributed by atoms with Crippen LogP contribution < -0.4 is 10.2 Å². The zero-order valence-electron chi connectivity index (χ0n) is 13.6. The van der Waals surface area contributed by atoms with Crippen LogP contribution in [0.4, 0.5) is 5.95 Å². The summed E-state index contributed by atoms with van der Waals surface area (Å²) in [6, 6.07) is 0.634. The first kappa shape index (κ1) is 13.6. The van der Waals surface area contributed by atoms with E-state index in [1.54, 1.807) is 0 Å². The van der Waals surface area contributed by atoms with Gasteiger partial charge in [0, 0.05) is 25.0 Å². The quantitative estimate of drug-likeness (QED) is 0.876. The molecule has 1 saturated carbocycles. The summed E-state index contributed by atoms with van der Waals surface area (Å²) in [7, 11) is 0. The molecule has 0 radical (unpaired) electrons. The predicted molar refractivity (Wildman–Crippen MR) is 83.4 cm³/mol. The van der Waals surface area contributed by atoms with Crippen molar-refractivity contribution in [2.24, 2.45) is 16.7 Å². The normalized spacial score (nSPS) is 34.0. The third-order valence-electron chi connectivity index (χ3n) is 6.67. The minimum absolute atomic E-state index is 0.310. The fourth-order valence-electron chi connectivity index (χ4n) is 4.63. The van der Waals surface area contributed by atoms with Crippen molar-refractivity contribution in [1.29, 1.82) is 0 Å². The van der Waals surface area contributed by atoms with E-state index in [1.807, 2.05) is 0 Å². The van der Waals surface area contributed by atoms with Crippen molar-refractivity contribution < 1.29 is 0 Å². The second-order valence-corrected chi connectivity index (χ2v) is 8.26. The first-order valence-corrected chi connectivity index (χ1v) is 8.32. The van der Waals surface area contributed by atoms with Gasteiger partial charge in [0.2, 0.25) is 5.95 Å². The predicted octanol–water partition coefficient (Wildman–Crippen LogP) is 2.14. The van der Waals surface area contributed by atoms with Gasteiger partial charge in [-0.25, -0.2) is 0 Å². The number of hydrogen-bond donors (Lipinski definition) is 2. The molecule has 0 amide bonds. The molecular formula is C16H27N5. The van der Waals surface area contributed by atoms with Crippen LogP contribution in [0, 0.1) is 16.7 Å². The molecule has 4 rings (SSSR count). The number of anilines is 1. The van der Waals surface area contributed by atoms with Gasteiger partial charge >= 0.3 is 0 Å². The largest absolute Gasteiger partial charge is 0.338 e. The molecule has 3 heterocycles. The van der Waals surface area contributed by atoms with Crippen molar-refractivity contribution in [2.45, 2.75) is 52.5 Å². The van der Waals surface area contributed by atoms with Gasteiger partial charge in [-0.15, -0.1) is 5.10 Å². The van der Waals surface area contributed by atoms with E-state index < -0.39 is 0 Å². The number of rotatable bonds is 2. The van der Waals surface area contributed by atoms with Crippen molar-refractivity contribution in [3.63, 3.8) is 0 Å². The van der Waals surface area contributed by atoms with E-state index >= 15 is 0 Å². The van der Waals surface area contributed by atoms with Gasteiger partial charge < -0.3 is 10.2 Å². The van der Waals surface area contributed by atoms with Crippen LogP contribution >= 0.6 is 0 Å². The molecule has 5 nitrogen and oxygen atoms in total. The minimum atomic E-state index is 0.310. The molecule has 5 heteroatoms. The number of piperidine rings is 1. The number of nitrogens with one attached hydrogen (secondary N) is 2. The minimum Gasteiger partial charge on any atom is -0.338 e. The molecule has 21 heavy (non-hydrogen) atoms. The Bertz CT molecular complexity index is 519. The average Bonchev–Trinajstić information content (AvgIpc) is 2.90. The van der Waals surface area contributed by atoms with Gasteiger partial charge in [-0.05, 0) is 36.1 Å². The second-order valence-electron chi connectivity index (χ2n) is 8.26. The van der Waals surface area contributed by atoms with Crippen LogP contribution in [-0.4, -0.2) is 40.9 Å². The molecule has 0 spiro atoms. The maximum absolute atomic E-state index is 4.83. The lowest BCUT2D eigenvalue weighted by Crippen LogP contribution is -2.40. The summed E-state index contributed by atoms with van der Waals surface area (Å²) >= 11 is 0. The Balaban J connectivity index is 1.51. The Morgan fingerprint density at radius 1 is 1.14 bits per heavy atom. The summed E-state index contributed by atoms with van der Waals surface area (Å²) in [4.78, 5) is 7.19. The molecule has 3 fully saturated rings. The highest BCUT2D eigenvalue weighted by molar-refractivity contribution is 5.36. The Morgan fingerprint density at radius 3 is 2.57 bits per heavy atom. The average molecular weight is 289 g/mol. The van der Waals surface area contributed by atoms with Gasteiger partial charge in [-0.1, -0.05) is 27.7 Å². The van der Waals surface area contributed by atoms with Crippen LogP contribution in [0.5, 0.6) is 0 Å². The van der Waals surface area contributed by atoms with Crippen molar-refractivity contribution >= 4 is 5.95 Å². The maximum atomic E-state index is 4.83. The van der Waals surface area contributed by atoms with Gasteiger partial charge in [-0.3, -0.25) is 5.10 Å². The van der Waals surface area contributed by atoms with Crippen LogP contribution in [0.2, 0.25) is 0 Å². The van der Waals surface area contributed by atoms with E-state index in [1.165, 1.54) is 19.4 Å². The fourth-order valence-corrected chi connectivity index (χ4v) is 4.63. The molecule has 116 valence electrons. The molecule has 0 aromatic carbocycles. The summed E-state index contributed by atoms with van der Waals surface area (Å²) in [5.74, 6) is 3.24. The van der Waals surface area contributed by atoms with Crippen molar-refractivity contribution in [1.82, 2.24) is 20.5 Å². The zero-order valence-corrected chi connectivity index (χ0v) is 13.6. The summed E-state index contributed by atoms with van der Waals surface area (Å²) in [5.41, 5.74) is 0.620.